The largest absolute Gasteiger partial charge is 0.455 e. The Morgan fingerprint density at radius 2 is 1.96 bits per heavy atom. The average Bonchev–Trinajstić information content (AvgIpc) is 2.59. The summed E-state index contributed by atoms with van der Waals surface area (Å²) in [5.74, 6) is -0.275. The number of hydrogen-bond acceptors (Lipinski definition) is 4. The molecule has 1 aliphatic heterocycles. The van der Waals surface area contributed by atoms with Gasteiger partial charge in [-0.1, -0.05) is 24.3 Å². The van der Waals surface area contributed by atoms with Crippen molar-refractivity contribution in [3.63, 3.8) is 0 Å². The summed E-state index contributed by atoms with van der Waals surface area (Å²) in [5, 5.41) is 2.52. The van der Waals surface area contributed by atoms with Crippen molar-refractivity contribution < 1.29 is 23.4 Å². The van der Waals surface area contributed by atoms with Gasteiger partial charge in [0.1, 0.15) is 11.4 Å². The van der Waals surface area contributed by atoms with Gasteiger partial charge in [-0.15, -0.1) is 0 Å². The van der Waals surface area contributed by atoms with Crippen LogP contribution in [0.25, 0.3) is 0 Å². The number of rotatable bonds is 4. The molecule has 1 N–H and O–H groups in total. The lowest BCUT2D eigenvalue weighted by Gasteiger charge is -2.22. The standard InChI is InChI=1S/C17H16FNO4/c18-13-7-4-8-14(23-12-5-2-1-3-6-12)16(13)19-17(20)15-11-21-9-10-22-15/h1-8,15H,9-11H2,(H,19,20)/t15-/m0/s1. The second-order valence-electron chi connectivity index (χ2n) is 4.95. The minimum absolute atomic E-state index is 0.0180. The highest BCUT2D eigenvalue weighted by Gasteiger charge is 2.24. The number of anilines is 1. The van der Waals surface area contributed by atoms with Gasteiger partial charge < -0.3 is 19.5 Å². The fraction of sp³-hybridized carbons (Fsp3) is 0.235. The smallest absolute Gasteiger partial charge is 0.256 e. The van der Waals surface area contributed by atoms with Gasteiger partial charge in [0.15, 0.2) is 17.7 Å². The van der Waals surface area contributed by atoms with Gasteiger partial charge in [0.2, 0.25) is 0 Å². The summed E-state index contributed by atoms with van der Waals surface area (Å²) in [7, 11) is 0. The molecule has 5 nitrogen and oxygen atoms in total. The topological polar surface area (TPSA) is 56.8 Å². The summed E-state index contributed by atoms with van der Waals surface area (Å²) in [6, 6.07) is 13.3. The van der Waals surface area contributed by atoms with E-state index in [2.05, 4.69) is 5.32 Å². The maximum atomic E-state index is 14.1. The van der Waals surface area contributed by atoms with E-state index >= 15 is 0 Å². The van der Waals surface area contributed by atoms with Crippen molar-refractivity contribution in [3.8, 4) is 11.5 Å². The van der Waals surface area contributed by atoms with Crippen molar-refractivity contribution in [1.29, 1.82) is 0 Å². The molecule has 0 aromatic heterocycles. The third-order valence-electron chi connectivity index (χ3n) is 3.30. The molecule has 120 valence electrons. The maximum Gasteiger partial charge on any atom is 0.256 e. The van der Waals surface area contributed by atoms with E-state index in [-0.39, 0.29) is 18.0 Å². The van der Waals surface area contributed by atoms with Gasteiger partial charge >= 0.3 is 0 Å². The van der Waals surface area contributed by atoms with Crippen LogP contribution in [0.5, 0.6) is 11.5 Å². The lowest BCUT2D eigenvalue weighted by molar-refractivity contribution is -0.142. The SMILES string of the molecule is O=C(Nc1c(F)cccc1Oc1ccccc1)[C@@H]1COCCO1. The molecule has 2 aromatic rings. The summed E-state index contributed by atoms with van der Waals surface area (Å²) in [5.41, 5.74) is -0.0180. The fourth-order valence-corrected chi connectivity index (χ4v) is 2.17. The molecule has 0 saturated carbocycles. The second kappa shape index (κ2) is 7.21. The maximum absolute atomic E-state index is 14.1. The van der Waals surface area contributed by atoms with Crippen molar-refractivity contribution in [2.75, 3.05) is 25.1 Å². The van der Waals surface area contributed by atoms with E-state index in [0.29, 0.717) is 19.0 Å². The molecule has 0 aliphatic carbocycles. The van der Waals surface area contributed by atoms with Crippen LogP contribution < -0.4 is 10.1 Å². The molecule has 0 radical (unpaired) electrons. The van der Waals surface area contributed by atoms with Crippen LogP contribution in [-0.4, -0.2) is 31.8 Å². The van der Waals surface area contributed by atoms with Gasteiger partial charge in [-0.05, 0) is 24.3 Å². The van der Waals surface area contributed by atoms with E-state index in [1.807, 2.05) is 6.07 Å². The molecule has 1 saturated heterocycles. The van der Waals surface area contributed by atoms with Crippen molar-refractivity contribution in [2.24, 2.45) is 0 Å². The van der Waals surface area contributed by atoms with Gasteiger partial charge in [-0.25, -0.2) is 4.39 Å². The minimum atomic E-state index is -0.757. The van der Waals surface area contributed by atoms with Crippen LogP contribution in [0.3, 0.4) is 0 Å². The number of hydrogen-bond donors (Lipinski definition) is 1. The highest BCUT2D eigenvalue weighted by molar-refractivity contribution is 5.95. The molecule has 6 heteroatoms. The van der Waals surface area contributed by atoms with Crippen LogP contribution in [-0.2, 0) is 14.3 Å². The molecule has 0 spiro atoms. The Morgan fingerprint density at radius 1 is 1.13 bits per heavy atom. The van der Waals surface area contributed by atoms with Crippen LogP contribution in [0.4, 0.5) is 10.1 Å². The lowest BCUT2D eigenvalue weighted by Crippen LogP contribution is -2.39. The predicted molar refractivity (Wildman–Crippen MR) is 82.1 cm³/mol. The Balaban J connectivity index is 1.79. The molecule has 1 heterocycles. The van der Waals surface area contributed by atoms with E-state index in [9.17, 15) is 9.18 Å². The summed E-state index contributed by atoms with van der Waals surface area (Å²) in [6.07, 6.45) is -0.757. The van der Waals surface area contributed by atoms with Gasteiger partial charge in [-0.3, -0.25) is 4.79 Å². The van der Waals surface area contributed by atoms with Crippen molar-refractivity contribution in [1.82, 2.24) is 0 Å². The van der Waals surface area contributed by atoms with E-state index in [1.165, 1.54) is 12.1 Å². The fourth-order valence-electron chi connectivity index (χ4n) is 2.17. The molecule has 23 heavy (non-hydrogen) atoms. The van der Waals surface area contributed by atoms with Crippen LogP contribution in [0.1, 0.15) is 0 Å². The normalized spacial score (nSPS) is 17.5. The molecule has 1 atom stereocenters. The number of carbonyl (C=O) groups excluding carboxylic acids is 1. The van der Waals surface area contributed by atoms with Gasteiger partial charge in [0.25, 0.3) is 5.91 Å². The number of para-hydroxylation sites is 2. The first-order valence-electron chi connectivity index (χ1n) is 7.25. The van der Waals surface area contributed by atoms with Crippen molar-refractivity contribution in [2.45, 2.75) is 6.10 Å². The monoisotopic (exact) mass is 317 g/mol. The first-order chi connectivity index (χ1) is 11.2. The van der Waals surface area contributed by atoms with E-state index < -0.39 is 17.8 Å². The average molecular weight is 317 g/mol. The van der Waals surface area contributed by atoms with Gasteiger partial charge in [0, 0.05) is 0 Å². The van der Waals surface area contributed by atoms with Gasteiger partial charge in [-0.2, -0.15) is 0 Å². The third kappa shape index (κ3) is 3.85. The van der Waals surface area contributed by atoms with Gasteiger partial charge in [0.05, 0.1) is 19.8 Å². The summed E-state index contributed by atoms with van der Waals surface area (Å²) in [6.45, 7) is 0.934. The molecule has 1 aliphatic rings. The Morgan fingerprint density at radius 3 is 2.70 bits per heavy atom. The second-order valence-corrected chi connectivity index (χ2v) is 4.95. The zero-order valence-electron chi connectivity index (χ0n) is 12.3. The number of benzene rings is 2. The van der Waals surface area contributed by atoms with Crippen molar-refractivity contribution >= 4 is 11.6 Å². The number of amides is 1. The van der Waals surface area contributed by atoms with Crippen molar-refractivity contribution in [3.05, 3.63) is 54.3 Å². The third-order valence-corrected chi connectivity index (χ3v) is 3.30. The molecule has 0 bridgehead atoms. The van der Waals surface area contributed by atoms with Crippen LogP contribution in [0, 0.1) is 5.82 Å². The first-order valence-corrected chi connectivity index (χ1v) is 7.25. The Hall–Kier alpha value is -2.44. The number of nitrogens with one attached hydrogen (secondary N) is 1. The molecule has 3 rings (SSSR count). The highest BCUT2D eigenvalue weighted by atomic mass is 19.1. The summed E-state index contributed by atoms with van der Waals surface area (Å²) < 4.78 is 30.3. The molecular formula is C17H16FNO4. The van der Waals surface area contributed by atoms with E-state index in [1.54, 1.807) is 30.3 Å². The zero-order valence-corrected chi connectivity index (χ0v) is 12.3. The summed E-state index contributed by atoms with van der Waals surface area (Å²) in [4.78, 5) is 12.2. The zero-order chi connectivity index (χ0) is 16.1. The number of carbonyl (C=O) groups is 1. The number of ether oxygens (including phenoxy) is 3. The van der Waals surface area contributed by atoms with Crippen LogP contribution >= 0.6 is 0 Å². The molecule has 1 fully saturated rings. The number of halogens is 1. The quantitative estimate of drug-likeness (QED) is 0.942. The Kier molecular flexibility index (Phi) is 4.85. The van der Waals surface area contributed by atoms with E-state index in [0.717, 1.165) is 0 Å². The molecule has 2 aromatic carbocycles. The predicted octanol–water partition coefficient (Wildman–Crippen LogP) is 2.97. The molecule has 0 unspecified atom stereocenters. The first kappa shape index (κ1) is 15.5. The Bertz CT molecular complexity index is 672. The van der Waals surface area contributed by atoms with Crippen LogP contribution in [0.2, 0.25) is 0 Å². The molecular weight excluding hydrogens is 301 g/mol. The van der Waals surface area contributed by atoms with E-state index in [4.69, 9.17) is 14.2 Å². The lowest BCUT2D eigenvalue weighted by atomic mass is 10.2. The van der Waals surface area contributed by atoms with Crippen LogP contribution in [0.15, 0.2) is 48.5 Å². The Labute approximate surface area is 133 Å². The molecule has 1 amide bonds. The summed E-state index contributed by atoms with van der Waals surface area (Å²) >= 11 is 0. The minimum Gasteiger partial charge on any atom is -0.455 e. The highest BCUT2D eigenvalue weighted by Crippen LogP contribution is 2.31.